The summed E-state index contributed by atoms with van der Waals surface area (Å²) in [5.41, 5.74) is 3.60. The highest BCUT2D eigenvalue weighted by atomic mass is 35.5. The first-order valence-electron chi connectivity index (χ1n) is 11.0. The van der Waals surface area contributed by atoms with E-state index in [1.165, 1.54) is 24.3 Å². The fraction of sp³-hybridized carbons (Fsp3) is 0.0714. The monoisotopic (exact) mass is 592 g/mol. The van der Waals surface area contributed by atoms with Crippen LogP contribution in [0.15, 0.2) is 48.5 Å². The molecule has 188 valence electrons. The third-order valence-electron chi connectivity index (χ3n) is 6.34. The zero-order chi connectivity index (χ0) is 26.6. The van der Waals surface area contributed by atoms with Crippen LogP contribution in [0.25, 0.3) is 33.4 Å². The molecule has 0 aliphatic heterocycles. The van der Waals surface area contributed by atoms with Gasteiger partial charge in [0.05, 0.1) is 25.1 Å². The van der Waals surface area contributed by atoms with Crippen molar-refractivity contribution in [2.75, 3.05) is 0 Å². The van der Waals surface area contributed by atoms with E-state index in [9.17, 15) is 20.4 Å². The third kappa shape index (κ3) is 4.58. The van der Waals surface area contributed by atoms with Gasteiger partial charge in [0, 0.05) is 22.3 Å². The molecule has 0 aromatic heterocycles. The van der Waals surface area contributed by atoms with Crippen molar-refractivity contribution in [1.29, 1.82) is 0 Å². The quantitative estimate of drug-likeness (QED) is 0.164. The number of hydrogen-bond donors (Lipinski definition) is 4. The lowest BCUT2D eigenvalue weighted by molar-refractivity contribution is 0.469. The molecular weight excluding hydrogens is 578 g/mol. The second kappa shape index (κ2) is 9.86. The lowest BCUT2D eigenvalue weighted by Crippen LogP contribution is -1.98. The summed E-state index contributed by atoms with van der Waals surface area (Å²) in [4.78, 5) is 0. The fourth-order valence-electron chi connectivity index (χ4n) is 4.49. The SMILES string of the molecule is Oc1ccc2cc1-c1cc(cc(Cl)c1O)/C=C(/Cl)c1c(Cl)cc(c(O)c1Cl)-c1ccc(O)c(Cl)c1CC2. The summed E-state index contributed by atoms with van der Waals surface area (Å²) in [5, 5.41) is 43.2. The lowest BCUT2D eigenvalue weighted by atomic mass is 9.91. The Labute approximate surface area is 237 Å². The highest BCUT2D eigenvalue weighted by molar-refractivity contribution is 6.55. The van der Waals surface area contributed by atoms with Gasteiger partial charge in [0.1, 0.15) is 23.0 Å². The maximum atomic E-state index is 11.1. The summed E-state index contributed by atoms with van der Waals surface area (Å²) in [5.74, 6) is -0.624. The molecule has 0 saturated heterocycles. The van der Waals surface area contributed by atoms with Gasteiger partial charge in [-0.15, -0.1) is 0 Å². The smallest absolute Gasteiger partial charge is 0.142 e. The zero-order valence-electron chi connectivity index (χ0n) is 18.8. The van der Waals surface area contributed by atoms with Crippen LogP contribution in [0, 0.1) is 0 Å². The summed E-state index contributed by atoms with van der Waals surface area (Å²) in [6, 6.07) is 12.8. The van der Waals surface area contributed by atoms with E-state index >= 15 is 0 Å². The average Bonchev–Trinajstić information content (AvgIpc) is 2.85. The van der Waals surface area contributed by atoms with E-state index in [0.717, 1.165) is 5.56 Å². The number of aromatic hydroxyl groups is 4. The van der Waals surface area contributed by atoms with Gasteiger partial charge in [-0.05, 0) is 77.6 Å². The largest absolute Gasteiger partial charge is 0.507 e. The molecule has 4 nitrogen and oxygen atoms in total. The maximum Gasteiger partial charge on any atom is 0.142 e. The van der Waals surface area contributed by atoms with Gasteiger partial charge >= 0.3 is 0 Å². The summed E-state index contributed by atoms with van der Waals surface area (Å²) in [7, 11) is 0. The standard InChI is InChI=1S/C28H17Cl5O4/c29-19-9-13-8-17(27(36)21(31)10-13)16-7-12(2-5-22(16)34)1-3-15-14(4-6-23(35)25(15)32)18-11-20(30)24(19)26(33)28(18)37/h2,4-11,34-37H,1,3H2/b19-9+. The molecule has 0 fully saturated rings. The van der Waals surface area contributed by atoms with E-state index < -0.39 is 0 Å². The fourth-order valence-corrected chi connectivity index (χ4v) is 6.05. The van der Waals surface area contributed by atoms with E-state index in [2.05, 4.69) is 0 Å². The summed E-state index contributed by atoms with van der Waals surface area (Å²) in [6.07, 6.45) is 2.35. The Bertz CT molecular complexity index is 1630. The van der Waals surface area contributed by atoms with E-state index in [-0.39, 0.29) is 53.7 Å². The number of hydrogen-bond acceptors (Lipinski definition) is 4. The molecule has 0 amide bonds. The number of phenolic OH excluding ortho intramolecular Hbond substituents is 4. The molecular formula is C28H17Cl5O4. The Morgan fingerprint density at radius 3 is 2.03 bits per heavy atom. The zero-order valence-corrected chi connectivity index (χ0v) is 22.6. The molecule has 6 bridgehead atoms. The third-order valence-corrected chi connectivity index (χ3v) is 8.01. The molecule has 0 heterocycles. The second-order valence-electron chi connectivity index (χ2n) is 8.61. The lowest BCUT2D eigenvalue weighted by Gasteiger charge is -2.18. The van der Waals surface area contributed by atoms with Crippen molar-refractivity contribution in [2.24, 2.45) is 0 Å². The molecule has 9 heteroatoms. The Balaban J connectivity index is 1.86. The van der Waals surface area contributed by atoms with Crippen LogP contribution in [0.1, 0.15) is 22.3 Å². The van der Waals surface area contributed by atoms with Crippen LogP contribution < -0.4 is 0 Å². The second-order valence-corrected chi connectivity index (χ2v) is 10.6. The number of rotatable bonds is 0. The van der Waals surface area contributed by atoms with Crippen molar-refractivity contribution >= 4 is 69.1 Å². The van der Waals surface area contributed by atoms with E-state index in [0.29, 0.717) is 46.2 Å². The number of fused-ring (bicyclic) bond motifs is 3. The van der Waals surface area contributed by atoms with Crippen LogP contribution in [0.3, 0.4) is 0 Å². The van der Waals surface area contributed by atoms with Crippen LogP contribution in [-0.4, -0.2) is 20.4 Å². The van der Waals surface area contributed by atoms with Crippen LogP contribution in [0.5, 0.6) is 23.0 Å². The minimum atomic E-state index is -0.251. The van der Waals surface area contributed by atoms with E-state index in [1.54, 1.807) is 30.3 Å². The summed E-state index contributed by atoms with van der Waals surface area (Å²) >= 11 is 32.6. The topological polar surface area (TPSA) is 80.9 Å². The Morgan fingerprint density at radius 1 is 0.568 bits per heavy atom. The number of phenols is 4. The van der Waals surface area contributed by atoms with Gasteiger partial charge in [-0.25, -0.2) is 0 Å². The Hall–Kier alpha value is -2.73. The molecule has 4 aromatic rings. The molecule has 0 atom stereocenters. The predicted molar refractivity (Wildman–Crippen MR) is 152 cm³/mol. The molecule has 4 N–H and O–H groups in total. The summed E-state index contributed by atoms with van der Waals surface area (Å²) in [6.45, 7) is 0. The number of halogens is 5. The number of aryl methyl sites for hydroxylation is 1. The van der Waals surface area contributed by atoms with Crippen LogP contribution >= 0.6 is 58.0 Å². The first kappa shape index (κ1) is 25.9. The number of benzene rings is 4. The Kier molecular flexibility index (Phi) is 6.90. The van der Waals surface area contributed by atoms with E-state index in [1.807, 2.05) is 0 Å². The highest BCUT2D eigenvalue weighted by Crippen LogP contribution is 2.48. The predicted octanol–water partition coefficient (Wildman–Crippen LogP) is 9.29. The normalized spacial score (nSPS) is 14.2. The van der Waals surface area contributed by atoms with Crippen molar-refractivity contribution in [3.8, 4) is 45.3 Å². The van der Waals surface area contributed by atoms with Gasteiger partial charge < -0.3 is 20.4 Å². The Morgan fingerprint density at radius 2 is 1.27 bits per heavy atom. The van der Waals surface area contributed by atoms with Gasteiger partial charge in [-0.3, -0.25) is 0 Å². The van der Waals surface area contributed by atoms with Gasteiger partial charge in [-0.2, -0.15) is 0 Å². The van der Waals surface area contributed by atoms with Crippen molar-refractivity contribution in [2.45, 2.75) is 12.8 Å². The van der Waals surface area contributed by atoms with Gasteiger partial charge in [-0.1, -0.05) is 70.1 Å². The van der Waals surface area contributed by atoms with Crippen molar-refractivity contribution in [3.05, 3.63) is 90.9 Å². The first-order chi connectivity index (χ1) is 17.6. The first-order valence-corrected chi connectivity index (χ1v) is 12.9. The molecule has 0 saturated carbocycles. The highest BCUT2D eigenvalue weighted by Gasteiger charge is 2.23. The van der Waals surface area contributed by atoms with Gasteiger partial charge in [0.2, 0.25) is 0 Å². The minimum Gasteiger partial charge on any atom is -0.507 e. The molecule has 0 spiro atoms. The van der Waals surface area contributed by atoms with Crippen molar-refractivity contribution < 1.29 is 20.4 Å². The molecule has 2 aliphatic rings. The molecule has 0 radical (unpaired) electrons. The van der Waals surface area contributed by atoms with Gasteiger partial charge in [0.25, 0.3) is 0 Å². The van der Waals surface area contributed by atoms with Crippen molar-refractivity contribution in [3.63, 3.8) is 0 Å². The van der Waals surface area contributed by atoms with Gasteiger partial charge in [0.15, 0.2) is 0 Å². The molecule has 0 unspecified atom stereocenters. The summed E-state index contributed by atoms with van der Waals surface area (Å²) < 4.78 is 0. The molecule has 6 rings (SSSR count). The van der Waals surface area contributed by atoms with Crippen LogP contribution in [-0.2, 0) is 12.8 Å². The van der Waals surface area contributed by atoms with Crippen molar-refractivity contribution in [1.82, 2.24) is 0 Å². The molecule has 2 aliphatic carbocycles. The average molecular weight is 595 g/mol. The molecule has 37 heavy (non-hydrogen) atoms. The van der Waals surface area contributed by atoms with Crippen LogP contribution in [0.2, 0.25) is 20.1 Å². The molecule has 4 aromatic carbocycles. The van der Waals surface area contributed by atoms with Crippen LogP contribution in [0.4, 0.5) is 0 Å². The van der Waals surface area contributed by atoms with E-state index in [4.69, 9.17) is 58.0 Å². The minimum absolute atomic E-state index is 0.0470. The maximum absolute atomic E-state index is 11.1.